The molecule has 0 radical (unpaired) electrons. The Kier molecular flexibility index (Phi) is 5.03. The fourth-order valence-corrected chi connectivity index (χ4v) is 2.19. The van der Waals surface area contributed by atoms with Crippen molar-refractivity contribution in [1.29, 1.82) is 0 Å². The molecule has 0 aliphatic carbocycles. The summed E-state index contributed by atoms with van der Waals surface area (Å²) in [6.45, 7) is 8.93. The van der Waals surface area contributed by atoms with Gasteiger partial charge in [0.15, 0.2) is 0 Å². The molecule has 0 aromatic rings. The lowest BCUT2D eigenvalue weighted by atomic mass is 9.86. The summed E-state index contributed by atoms with van der Waals surface area (Å²) in [5, 5.41) is 12.9. The highest BCUT2D eigenvalue weighted by Crippen LogP contribution is 2.21. The molecule has 0 aromatic heterocycles. The van der Waals surface area contributed by atoms with Gasteiger partial charge in [-0.1, -0.05) is 13.8 Å². The van der Waals surface area contributed by atoms with Crippen LogP contribution in [0.15, 0.2) is 0 Å². The van der Waals surface area contributed by atoms with Crippen LogP contribution in [-0.2, 0) is 4.74 Å². The summed E-state index contributed by atoms with van der Waals surface area (Å²) in [5.41, 5.74) is 0.158. The molecule has 3 nitrogen and oxygen atoms in total. The van der Waals surface area contributed by atoms with E-state index in [1.54, 1.807) is 0 Å². The van der Waals surface area contributed by atoms with Crippen molar-refractivity contribution >= 4 is 0 Å². The Morgan fingerprint density at radius 3 is 2.80 bits per heavy atom. The monoisotopic (exact) mass is 215 g/mol. The summed E-state index contributed by atoms with van der Waals surface area (Å²) in [5.74, 6) is 0. The minimum Gasteiger partial charge on any atom is -0.393 e. The molecular formula is C12H25NO2. The largest absolute Gasteiger partial charge is 0.393 e. The molecule has 2 N–H and O–H groups in total. The Bertz CT molecular complexity index is 174. The summed E-state index contributed by atoms with van der Waals surface area (Å²) in [4.78, 5) is 0. The van der Waals surface area contributed by atoms with Crippen LogP contribution in [0.1, 0.15) is 40.0 Å². The number of hydrogen-bond acceptors (Lipinski definition) is 3. The third kappa shape index (κ3) is 5.50. The summed E-state index contributed by atoms with van der Waals surface area (Å²) in [6.07, 6.45) is 3.00. The molecule has 1 rings (SSSR count). The summed E-state index contributed by atoms with van der Waals surface area (Å²) >= 11 is 0. The molecule has 0 saturated carbocycles. The molecule has 0 spiro atoms. The van der Waals surface area contributed by atoms with Gasteiger partial charge in [0, 0.05) is 19.2 Å². The van der Waals surface area contributed by atoms with Crippen molar-refractivity contribution in [2.45, 2.75) is 52.2 Å². The fourth-order valence-electron chi connectivity index (χ4n) is 2.19. The second-order valence-corrected chi connectivity index (χ2v) is 5.51. The number of hydrogen-bond donors (Lipinski definition) is 2. The van der Waals surface area contributed by atoms with Gasteiger partial charge < -0.3 is 15.2 Å². The molecule has 1 saturated heterocycles. The maximum absolute atomic E-state index is 9.37. The van der Waals surface area contributed by atoms with Gasteiger partial charge in [-0.05, 0) is 31.6 Å². The van der Waals surface area contributed by atoms with E-state index >= 15 is 0 Å². The smallest absolute Gasteiger partial charge is 0.0619 e. The van der Waals surface area contributed by atoms with E-state index in [9.17, 15) is 5.11 Å². The van der Waals surface area contributed by atoms with E-state index < -0.39 is 0 Å². The molecular weight excluding hydrogens is 190 g/mol. The molecule has 2 atom stereocenters. The third-order valence-corrected chi connectivity index (χ3v) is 2.88. The van der Waals surface area contributed by atoms with Gasteiger partial charge in [0.25, 0.3) is 0 Å². The highest BCUT2D eigenvalue weighted by Gasteiger charge is 2.22. The van der Waals surface area contributed by atoms with Gasteiger partial charge in [0.2, 0.25) is 0 Å². The lowest BCUT2D eigenvalue weighted by Crippen LogP contribution is -2.42. The van der Waals surface area contributed by atoms with Gasteiger partial charge in [-0.25, -0.2) is 0 Å². The van der Waals surface area contributed by atoms with Crippen LogP contribution >= 0.6 is 0 Å². The second kappa shape index (κ2) is 5.83. The van der Waals surface area contributed by atoms with Crippen molar-refractivity contribution in [3.05, 3.63) is 0 Å². The normalized spacial score (nSPS) is 25.2. The maximum atomic E-state index is 9.37. The van der Waals surface area contributed by atoms with Crippen LogP contribution in [-0.4, -0.2) is 37.0 Å². The lowest BCUT2D eigenvalue weighted by molar-refractivity contribution is 0.0629. The molecule has 2 unspecified atom stereocenters. The molecule has 1 fully saturated rings. The number of rotatable bonds is 5. The predicted molar refractivity (Wildman–Crippen MR) is 61.9 cm³/mol. The summed E-state index contributed by atoms with van der Waals surface area (Å²) in [6, 6.07) is 0.507. The van der Waals surface area contributed by atoms with Gasteiger partial charge in [0.1, 0.15) is 0 Å². The number of nitrogens with one attached hydrogen (secondary N) is 1. The van der Waals surface area contributed by atoms with Gasteiger partial charge in [-0.2, -0.15) is 0 Å². The molecule has 0 aromatic carbocycles. The Labute approximate surface area is 93.2 Å². The van der Waals surface area contributed by atoms with E-state index in [-0.39, 0.29) is 11.5 Å². The molecule has 90 valence electrons. The molecule has 1 aliphatic rings. The van der Waals surface area contributed by atoms with Crippen LogP contribution in [0.25, 0.3) is 0 Å². The zero-order valence-corrected chi connectivity index (χ0v) is 10.3. The third-order valence-electron chi connectivity index (χ3n) is 2.88. The van der Waals surface area contributed by atoms with Crippen LogP contribution in [0.4, 0.5) is 0 Å². The van der Waals surface area contributed by atoms with Gasteiger partial charge in [-0.3, -0.25) is 0 Å². The first-order chi connectivity index (χ1) is 6.99. The SMILES string of the molecule is CC(O)CC(C)(C)CNC1CCCOC1. The Morgan fingerprint density at radius 2 is 2.27 bits per heavy atom. The quantitative estimate of drug-likeness (QED) is 0.731. The first-order valence-corrected chi connectivity index (χ1v) is 5.99. The highest BCUT2D eigenvalue weighted by molar-refractivity contribution is 4.78. The van der Waals surface area contributed by atoms with Crippen LogP contribution in [0, 0.1) is 5.41 Å². The zero-order chi connectivity index (χ0) is 11.3. The number of aliphatic hydroxyl groups excluding tert-OH is 1. The van der Waals surface area contributed by atoms with Crippen LogP contribution < -0.4 is 5.32 Å². The topological polar surface area (TPSA) is 41.5 Å². The minimum absolute atomic E-state index is 0.158. The van der Waals surface area contributed by atoms with E-state index in [4.69, 9.17) is 4.74 Å². The van der Waals surface area contributed by atoms with Crippen molar-refractivity contribution < 1.29 is 9.84 Å². The maximum Gasteiger partial charge on any atom is 0.0619 e. The Balaban J connectivity index is 2.21. The summed E-state index contributed by atoms with van der Waals surface area (Å²) < 4.78 is 5.42. The van der Waals surface area contributed by atoms with Crippen LogP contribution in [0.5, 0.6) is 0 Å². The lowest BCUT2D eigenvalue weighted by Gasteiger charge is -2.31. The van der Waals surface area contributed by atoms with Gasteiger partial charge >= 0.3 is 0 Å². The highest BCUT2D eigenvalue weighted by atomic mass is 16.5. The fraction of sp³-hybridized carbons (Fsp3) is 1.00. The number of aliphatic hydroxyl groups is 1. The van der Waals surface area contributed by atoms with E-state index in [1.165, 1.54) is 6.42 Å². The average molecular weight is 215 g/mol. The molecule has 0 amide bonds. The van der Waals surface area contributed by atoms with Crippen molar-refractivity contribution in [2.75, 3.05) is 19.8 Å². The van der Waals surface area contributed by atoms with Crippen LogP contribution in [0.3, 0.4) is 0 Å². The van der Waals surface area contributed by atoms with E-state index in [0.29, 0.717) is 6.04 Å². The van der Waals surface area contributed by atoms with E-state index in [2.05, 4.69) is 19.2 Å². The molecule has 3 heteroatoms. The first kappa shape index (κ1) is 12.9. The first-order valence-electron chi connectivity index (χ1n) is 5.99. The van der Waals surface area contributed by atoms with Crippen molar-refractivity contribution in [1.82, 2.24) is 5.32 Å². The molecule has 15 heavy (non-hydrogen) atoms. The predicted octanol–water partition coefficient (Wildman–Crippen LogP) is 1.55. The van der Waals surface area contributed by atoms with Gasteiger partial charge in [-0.15, -0.1) is 0 Å². The minimum atomic E-state index is -0.218. The summed E-state index contributed by atoms with van der Waals surface area (Å²) in [7, 11) is 0. The Hall–Kier alpha value is -0.120. The van der Waals surface area contributed by atoms with Gasteiger partial charge in [0.05, 0.1) is 12.7 Å². The molecule has 1 heterocycles. The zero-order valence-electron chi connectivity index (χ0n) is 10.3. The van der Waals surface area contributed by atoms with Crippen molar-refractivity contribution in [3.8, 4) is 0 Å². The van der Waals surface area contributed by atoms with Crippen molar-refractivity contribution in [2.24, 2.45) is 5.41 Å². The standard InChI is InChI=1S/C12H25NO2/c1-10(14)7-12(2,3)9-13-11-5-4-6-15-8-11/h10-11,13-14H,4-9H2,1-3H3. The van der Waals surface area contributed by atoms with E-state index in [1.807, 2.05) is 6.92 Å². The van der Waals surface area contributed by atoms with Crippen molar-refractivity contribution in [3.63, 3.8) is 0 Å². The molecule has 1 aliphatic heterocycles. The Morgan fingerprint density at radius 1 is 1.53 bits per heavy atom. The second-order valence-electron chi connectivity index (χ2n) is 5.51. The number of ether oxygens (including phenoxy) is 1. The average Bonchev–Trinajstić information content (AvgIpc) is 2.15. The molecule has 0 bridgehead atoms. The van der Waals surface area contributed by atoms with E-state index in [0.717, 1.165) is 32.6 Å². The van der Waals surface area contributed by atoms with Crippen LogP contribution in [0.2, 0.25) is 0 Å².